The predicted octanol–water partition coefficient (Wildman–Crippen LogP) is 5.05. The Morgan fingerprint density at radius 3 is 1.72 bits per heavy atom. The van der Waals surface area contributed by atoms with Crippen LogP contribution in [-0.4, -0.2) is 30.1 Å². The highest BCUT2D eigenvalue weighted by molar-refractivity contribution is 5.73. The van der Waals surface area contributed by atoms with Crippen LogP contribution in [0.25, 0.3) is 0 Å². The van der Waals surface area contributed by atoms with Gasteiger partial charge < -0.3 is 14.2 Å². The molecule has 4 nitrogen and oxygen atoms in total. The lowest BCUT2D eigenvalue weighted by Gasteiger charge is -2.35. The maximum atomic E-state index is 11.3. The van der Waals surface area contributed by atoms with E-state index in [1.165, 1.54) is 0 Å². The topological polar surface area (TPSA) is 44.8 Å². The zero-order valence-corrected chi connectivity index (χ0v) is 18.0. The number of hydrogen-bond donors (Lipinski definition) is 0. The Hall–Kier alpha value is -0.610. The molecule has 148 valence electrons. The van der Waals surface area contributed by atoms with Crippen LogP contribution in [0.15, 0.2) is 0 Å². The number of carbonyl (C=O) groups excluding carboxylic acids is 1. The summed E-state index contributed by atoms with van der Waals surface area (Å²) in [5.41, 5.74) is -0.334. The molecular formula is C21H40O4. The molecule has 4 heteroatoms. The maximum Gasteiger partial charge on any atom is 0.306 e. The average Bonchev–Trinajstić information content (AvgIpc) is 3.01. The number of carbonyl (C=O) groups is 1. The highest BCUT2D eigenvalue weighted by atomic mass is 16.7. The second-order valence-electron chi connectivity index (χ2n) is 9.30. The zero-order valence-electron chi connectivity index (χ0n) is 18.0. The van der Waals surface area contributed by atoms with Crippen LogP contribution in [0.4, 0.5) is 0 Å². The second kappa shape index (κ2) is 8.39. The fourth-order valence-electron chi connectivity index (χ4n) is 4.02. The minimum absolute atomic E-state index is 0.0325. The molecule has 0 radical (unpaired) electrons. The number of hydrogen-bond acceptors (Lipinski definition) is 4. The lowest BCUT2D eigenvalue weighted by Crippen LogP contribution is -2.44. The molecule has 0 amide bonds. The van der Waals surface area contributed by atoms with Gasteiger partial charge in [0.1, 0.15) is 12.4 Å². The Balaban J connectivity index is 0.000000251. The molecular weight excluding hydrogens is 316 g/mol. The van der Waals surface area contributed by atoms with Crippen LogP contribution in [0.2, 0.25) is 0 Å². The Bertz CT molecular complexity index is 443. The van der Waals surface area contributed by atoms with Crippen LogP contribution < -0.4 is 0 Å². The average molecular weight is 357 g/mol. The molecule has 2 fully saturated rings. The summed E-state index contributed by atoms with van der Waals surface area (Å²) >= 11 is 0. The summed E-state index contributed by atoms with van der Waals surface area (Å²) < 4.78 is 16.7. The highest BCUT2D eigenvalue weighted by Gasteiger charge is 2.48. The van der Waals surface area contributed by atoms with Gasteiger partial charge in [-0.1, -0.05) is 55.4 Å². The Morgan fingerprint density at radius 2 is 1.40 bits per heavy atom. The van der Waals surface area contributed by atoms with Gasteiger partial charge in [-0.2, -0.15) is 0 Å². The van der Waals surface area contributed by atoms with Crippen molar-refractivity contribution in [2.24, 2.45) is 29.6 Å². The molecule has 0 aromatic heterocycles. The molecule has 0 unspecified atom stereocenters. The summed E-state index contributed by atoms with van der Waals surface area (Å²) in [4.78, 5) is 11.3. The van der Waals surface area contributed by atoms with Crippen molar-refractivity contribution >= 4 is 5.97 Å². The first-order chi connectivity index (χ1) is 11.4. The van der Waals surface area contributed by atoms with E-state index in [-0.39, 0.29) is 23.3 Å². The van der Waals surface area contributed by atoms with Gasteiger partial charge in [-0.05, 0) is 37.5 Å². The SMILES string of the molecule is CC(C)[C@H]1CC(=O)O[C@]1(C)C(C)C.CC(C)[C@H]1OCO[C@]1(C)C(C)C. The smallest absolute Gasteiger partial charge is 0.306 e. The van der Waals surface area contributed by atoms with Crippen molar-refractivity contribution in [1.82, 2.24) is 0 Å². The number of ether oxygens (including phenoxy) is 3. The fourth-order valence-corrected chi connectivity index (χ4v) is 4.02. The standard InChI is InChI=1S/C11H20O2.C10H20O2/c1-7(2)9-6-10(12)13-11(9,5)8(3)4;1-7(2)9-10(5,8(3)4)12-6-11-9/h7-9H,6H2,1-5H3;7-9H,6H2,1-5H3/t9-,11-;9-,10-/m11/s1. The first kappa shape index (κ1) is 22.4. The first-order valence-electron chi connectivity index (χ1n) is 9.83. The molecule has 0 bridgehead atoms. The lowest BCUT2D eigenvalue weighted by atomic mass is 9.74. The molecule has 2 aliphatic rings. The molecule has 2 aliphatic heterocycles. The largest absolute Gasteiger partial charge is 0.459 e. The summed E-state index contributed by atoms with van der Waals surface area (Å²) in [6.07, 6.45) is 0.837. The van der Waals surface area contributed by atoms with E-state index in [1.807, 2.05) is 0 Å². The van der Waals surface area contributed by atoms with Crippen molar-refractivity contribution < 1.29 is 19.0 Å². The van der Waals surface area contributed by atoms with Crippen molar-refractivity contribution in [3.8, 4) is 0 Å². The highest BCUT2D eigenvalue weighted by Crippen LogP contribution is 2.42. The summed E-state index contributed by atoms with van der Waals surface area (Å²) in [6.45, 7) is 22.0. The van der Waals surface area contributed by atoms with Gasteiger partial charge in [0.15, 0.2) is 0 Å². The third kappa shape index (κ3) is 4.77. The molecule has 25 heavy (non-hydrogen) atoms. The van der Waals surface area contributed by atoms with Crippen LogP contribution in [0.1, 0.15) is 75.7 Å². The summed E-state index contributed by atoms with van der Waals surface area (Å²) in [6, 6.07) is 0. The predicted molar refractivity (Wildman–Crippen MR) is 101 cm³/mol. The van der Waals surface area contributed by atoms with Gasteiger partial charge in [-0.25, -0.2) is 0 Å². The molecule has 2 saturated heterocycles. The van der Waals surface area contributed by atoms with Crippen LogP contribution in [0, 0.1) is 29.6 Å². The van der Waals surface area contributed by atoms with Gasteiger partial charge in [0, 0.05) is 5.92 Å². The van der Waals surface area contributed by atoms with Crippen LogP contribution in [-0.2, 0) is 19.0 Å². The normalized spacial score (nSPS) is 35.5. The van der Waals surface area contributed by atoms with Gasteiger partial charge >= 0.3 is 5.97 Å². The zero-order chi connectivity index (χ0) is 19.6. The third-order valence-corrected chi connectivity index (χ3v) is 6.34. The molecule has 0 spiro atoms. The van der Waals surface area contributed by atoms with Gasteiger partial charge in [-0.3, -0.25) is 4.79 Å². The van der Waals surface area contributed by atoms with E-state index in [0.717, 1.165) is 0 Å². The van der Waals surface area contributed by atoms with Gasteiger partial charge in [0.2, 0.25) is 0 Å². The molecule has 0 aromatic carbocycles. The quantitative estimate of drug-likeness (QED) is 0.661. The minimum Gasteiger partial charge on any atom is -0.459 e. The third-order valence-electron chi connectivity index (χ3n) is 6.34. The van der Waals surface area contributed by atoms with E-state index in [4.69, 9.17) is 14.2 Å². The van der Waals surface area contributed by atoms with Crippen LogP contribution >= 0.6 is 0 Å². The van der Waals surface area contributed by atoms with Crippen molar-refractivity contribution in [2.75, 3.05) is 6.79 Å². The van der Waals surface area contributed by atoms with E-state index < -0.39 is 0 Å². The van der Waals surface area contributed by atoms with Gasteiger partial charge in [0.05, 0.1) is 18.1 Å². The number of rotatable bonds is 4. The van der Waals surface area contributed by atoms with E-state index in [2.05, 4.69) is 69.2 Å². The lowest BCUT2D eigenvalue weighted by molar-refractivity contribution is -0.152. The van der Waals surface area contributed by atoms with Crippen molar-refractivity contribution in [2.45, 2.75) is 93.0 Å². The molecule has 4 atom stereocenters. The summed E-state index contributed by atoms with van der Waals surface area (Å²) in [5.74, 6) is 2.28. The Morgan fingerprint density at radius 1 is 0.880 bits per heavy atom. The second-order valence-corrected chi connectivity index (χ2v) is 9.30. The monoisotopic (exact) mass is 356 g/mol. The van der Waals surface area contributed by atoms with E-state index in [0.29, 0.717) is 42.8 Å². The molecule has 2 heterocycles. The van der Waals surface area contributed by atoms with Crippen molar-refractivity contribution in [3.63, 3.8) is 0 Å². The number of cyclic esters (lactones) is 1. The maximum absolute atomic E-state index is 11.3. The van der Waals surface area contributed by atoms with Crippen LogP contribution in [0.3, 0.4) is 0 Å². The summed E-state index contributed by atoms with van der Waals surface area (Å²) in [5, 5.41) is 0. The minimum atomic E-state index is -0.245. The molecule has 0 aromatic rings. The molecule has 2 rings (SSSR count). The Labute approximate surface area is 155 Å². The van der Waals surface area contributed by atoms with E-state index in [1.54, 1.807) is 0 Å². The van der Waals surface area contributed by atoms with Crippen molar-refractivity contribution in [3.05, 3.63) is 0 Å². The molecule has 0 saturated carbocycles. The van der Waals surface area contributed by atoms with E-state index >= 15 is 0 Å². The Kier molecular flexibility index (Phi) is 7.53. The fraction of sp³-hybridized carbons (Fsp3) is 0.952. The van der Waals surface area contributed by atoms with Crippen molar-refractivity contribution in [1.29, 1.82) is 0 Å². The van der Waals surface area contributed by atoms with Gasteiger partial charge in [0.25, 0.3) is 0 Å². The number of esters is 1. The van der Waals surface area contributed by atoms with E-state index in [9.17, 15) is 4.79 Å². The molecule has 0 N–H and O–H groups in total. The first-order valence-corrected chi connectivity index (χ1v) is 9.83. The van der Waals surface area contributed by atoms with Gasteiger partial charge in [-0.15, -0.1) is 0 Å². The molecule has 0 aliphatic carbocycles. The van der Waals surface area contributed by atoms with Crippen LogP contribution in [0.5, 0.6) is 0 Å². The summed E-state index contributed by atoms with van der Waals surface area (Å²) in [7, 11) is 0.